The summed E-state index contributed by atoms with van der Waals surface area (Å²) < 4.78 is 128. The maximum atomic E-state index is 13.8. The average molecular weight is 526 g/mol. The smallest absolute Gasteiger partial charge is 0.248 e. The summed E-state index contributed by atoms with van der Waals surface area (Å²) in [5.41, 5.74) is 0.640. The number of hydrogen-bond donors (Lipinski definition) is 1. The highest BCUT2D eigenvalue weighted by Gasteiger charge is 2.42. The first-order chi connectivity index (χ1) is 22.5. The number of amides is 1. The molecule has 1 aromatic heterocycles. The molecule has 0 spiro atoms. The second-order valence-electron chi connectivity index (χ2n) is 10.5. The minimum Gasteiger partial charge on any atom is -0.349 e. The number of aryl methyl sites for hydroxylation is 1. The normalized spacial score (nSPS) is 33.4. The zero-order chi connectivity index (χ0) is 36.4. The molecule has 37 heavy (non-hydrogen) atoms. The van der Waals surface area contributed by atoms with E-state index in [0.717, 1.165) is 4.57 Å². The van der Waals surface area contributed by atoms with Crippen molar-refractivity contribution in [1.82, 2.24) is 25.0 Å². The van der Waals surface area contributed by atoms with Gasteiger partial charge in [0.15, 0.2) is 0 Å². The van der Waals surface area contributed by atoms with E-state index in [2.05, 4.69) is 15.5 Å². The molecule has 0 radical (unpaired) electrons. The Kier molecular flexibility index (Phi) is 4.46. The summed E-state index contributed by atoms with van der Waals surface area (Å²) in [5, 5.41) is 10.3. The summed E-state index contributed by atoms with van der Waals surface area (Å²) in [6.45, 7) is -11.8. The maximum Gasteiger partial charge on any atom is 0.248 e. The fraction of sp³-hybridized carbons (Fsp3) is 0.690. The zero-order valence-electron chi connectivity index (χ0n) is 32.6. The molecule has 5 rings (SSSR count). The Balaban J connectivity index is 1.43. The number of benzene rings is 1. The molecule has 6 nitrogen and oxygen atoms in total. The molecule has 202 valence electrons. The number of aromatic nitrogens is 3. The Bertz CT molecular complexity index is 1460. The molecular weight excluding hydrogens is 472 g/mol. The standard InChI is InChI=1S/C29H41F2N5O/c1-19(2)27-34-33-20(3)36(27)25-17-23-9-10-24(18-25)35(23)16-13-26(21-7-5-4-6-8-21)32-28(37)22-11-14-29(30,31)15-12-22/h4-8,19,22-26H,9-18H2,1-3H3,(H,32,37)/i1D3,2D3,3D3,16D2,19D. The third-order valence-electron chi connectivity index (χ3n) is 8.08. The van der Waals surface area contributed by atoms with Crippen molar-refractivity contribution in [2.75, 3.05) is 6.50 Å². The van der Waals surface area contributed by atoms with Gasteiger partial charge >= 0.3 is 0 Å². The van der Waals surface area contributed by atoms with E-state index in [1.54, 1.807) is 35.2 Å². The molecule has 1 saturated carbocycles. The van der Waals surface area contributed by atoms with Crippen molar-refractivity contribution in [2.24, 2.45) is 5.92 Å². The van der Waals surface area contributed by atoms with Crippen LogP contribution in [0.5, 0.6) is 0 Å². The largest absolute Gasteiger partial charge is 0.349 e. The first-order valence-electron chi connectivity index (χ1n) is 18.9. The van der Waals surface area contributed by atoms with Gasteiger partial charge in [0.1, 0.15) is 11.6 Å². The van der Waals surface area contributed by atoms with Crippen LogP contribution in [0, 0.1) is 12.8 Å². The highest BCUT2D eigenvalue weighted by atomic mass is 19.3. The second-order valence-corrected chi connectivity index (χ2v) is 10.5. The van der Waals surface area contributed by atoms with Gasteiger partial charge in [0, 0.05) is 65.7 Å². The third kappa shape index (κ3) is 5.74. The Morgan fingerprint density at radius 3 is 2.49 bits per heavy atom. The van der Waals surface area contributed by atoms with Crippen molar-refractivity contribution in [3.05, 3.63) is 47.5 Å². The van der Waals surface area contributed by atoms with Crippen LogP contribution in [0.25, 0.3) is 0 Å². The molecule has 8 heteroatoms. The number of piperidine rings is 1. The molecule has 2 saturated heterocycles. The van der Waals surface area contributed by atoms with Crippen LogP contribution in [0.3, 0.4) is 0 Å². The van der Waals surface area contributed by atoms with Gasteiger partial charge in [-0.05, 0) is 57.4 Å². The summed E-state index contributed by atoms with van der Waals surface area (Å²) in [6.07, 6.45) is 0.289. The first kappa shape index (κ1) is 15.3. The van der Waals surface area contributed by atoms with Gasteiger partial charge in [-0.3, -0.25) is 9.69 Å². The highest BCUT2D eigenvalue weighted by molar-refractivity contribution is 5.79. The summed E-state index contributed by atoms with van der Waals surface area (Å²) in [5.74, 6) is -8.58. The lowest BCUT2D eigenvalue weighted by molar-refractivity contribution is -0.130. The predicted octanol–water partition coefficient (Wildman–Crippen LogP) is 5.95. The number of hydrogen-bond acceptors (Lipinski definition) is 4. The number of nitrogens with zero attached hydrogens (tertiary/aromatic N) is 4. The number of rotatable bonds is 8. The van der Waals surface area contributed by atoms with E-state index in [9.17, 15) is 16.3 Å². The Labute approximate surface area is 236 Å². The summed E-state index contributed by atoms with van der Waals surface area (Å²) in [4.78, 5) is 15.0. The van der Waals surface area contributed by atoms with Crippen molar-refractivity contribution in [3.8, 4) is 0 Å². The van der Waals surface area contributed by atoms with Crippen molar-refractivity contribution in [3.63, 3.8) is 0 Å². The first-order valence-corrected chi connectivity index (χ1v) is 12.9. The molecular formula is C29H41F2N5O. The van der Waals surface area contributed by atoms with Crippen molar-refractivity contribution in [2.45, 2.75) is 114 Å². The van der Waals surface area contributed by atoms with Crippen LogP contribution >= 0.6 is 0 Å². The van der Waals surface area contributed by atoms with Crippen LogP contribution < -0.4 is 5.32 Å². The van der Waals surface area contributed by atoms with Gasteiger partial charge in [-0.15, -0.1) is 10.2 Å². The molecule has 2 aromatic rings. The van der Waals surface area contributed by atoms with Crippen molar-refractivity contribution in [1.29, 1.82) is 0 Å². The lowest BCUT2D eigenvalue weighted by atomic mass is 9.86. The quantitative estimate of drug-likeness (QED) is 0.463. The van der Waals surface area contributed by atoms with Crippen molar-refractivity contribution < 1.29 is 30.0 Å². The Hall–Kier alpha value is -2.35. The summed E-state index contributed by atoms with van der Waals surface area (Å²) in [6, 6.07) is 6.18. The monoisotopic (exact) mass is 525 g/mol. The fourth-order valence-electron chi connectivity index (χ4n) is 6.15. The van der Waals surface area contributed by atoms with E-state index < -0.39 is 99.4 Å². The van der Waals surface area contributed by atoms with Gasteiger partial charge in [0.25, 0.3) is 0 Å². The molecule has 1 amide bonds. The number of halogens is 2. The van der Waals surface area contributed by atoms with E-state index in [1.165, 1.54) is 0 Å². The van der Waals surface area contributed by atoms with E-state index >= 15 is 0 Å². The molecule has 1 N–H and O–H groups in total. The topological polar surface area (TPSA) is 63.1 Å². The van der Waals surface area contributed by atoms with E-state index in [-0.39, 0.29) is 32.1 Å². The maximum absolute atomic E-state index is 13.8. The average Bonchev–Trinajstić information content (AvgIpc) is 3.55. The number of alkyl halides is 2. The Morgan fingerprint density at radius 2 is 1.84 bits per heavy atom. The highest BCUT2D eigenvalue weighted by Crippen LogP contribution is 2.42. The van der Waals surface area contributed by atoms with Gasteiger partial charge in [0.05, 0.1) is 6.04 Å². The van der Waals surface area contributed by atoms with Gasteiger partial charge < -0.3 is 9.88 Å². The van der Waals surface area contributed by atoms with Gasteiger partial charge in [0.2, 0.25) is 11.8 Å². The molecule has 3 aliphatic rings. The molecule has 2 aliphatic heterocycles. The van der Waals surface area contributed by atoms with Crippen LogP contribution in [0.2, 0.25) is 0 Å². The minimum atomic E-state index is -3.43. The third-order valence-corrected chi connectivity index (χ3v) is 8.08. The number of carbonyl (C=O) groups is 1. The lowest BCUT2D eigenvalue weighted by Gasteiger charge is -2.40. The predicted molar refractivity (Wildman–Crippen MR) is 139 cm³/mol. The molecule has 3 unspecified atom stereocenters. The molecule has 3 atom stereocenters. The van der Waals surface area contributed by atoms with Gasteiger partial charge in [-0.2, -0.15) is 0 Å². The van der Waals surface area contributed by atoms with Crippen LogP contribution in [-0.4, -0.2) is 50.1 Å². The molecule has 1 aromatic carbocycles. The summed E-state index contributed by atoms with van der Waals surface area (Å²) in [7, 11) is 0. The number of nitrogens with one attached hydrogen (secondary N) is 1. The molecule has 3 heterocycles. The van der Waals surface area contributed by atoms with Gasteiger partial charge in [-0.25, -0.2) is 8.78 Å². The molecule has 3 fully saturated rings. The van der Waals surface area contributed by atoms with E-state index in [0.29, 0.717) is 18.4 Å². The second kappa shape index (κ2) is 10.8. The van der Waals surface area contributed by atoms with Crippen LogP contribution in [0.1, 0.15) is 123 Å². The summed E-state index contributed by atoms with van der Waals surface area (Å²) >= 11 is 0. The van der Waals surface area contributed by atoms with Crippen molar-refractivity contribution >= 4 is 5.91 Å². The molecule has 2 bridgehead atoms. The van der Waals surface area contributed by atoms with E-state index in [1.807, 2.05) is 0 Å². The Morgan fingerprint density at radius 1 is 1.14 bits per heavy atom. The number of fused-ring (bicyclic) bond motifs is 2. The van der Waals surface area contributed by atoms with Gasteiger partial charge in [-0.1, -0.05) is 44.0 Å². The number of carbonyl (C=O) groups excluding carboxylic acids is 1. The minimum absolute atomic E-state index is 0.0252. The SMILES string of the molecule is [2H]C([2H])([2H])c1nnc(C([2H])(C([2H])([2H])[2H])C([2H])([2H])[2H])n1C1CC2CCC(C1)N2C([2H])([2H])CC(NC(=O)C1CCC(F)(F)CC1)c1ccccc1. The van der Waals surface area contributed by atoms with Crippen LogP contribution in [0.15, 0.2) is 30.3 Å². The van der Waals surface area contributed by atoms with Crippen LogP contribution in [0.4, 0.5) is 8.78 Å². The lowest BCUT2D eigenvalue weighted by Crippen LogP contribution is -2.45. The zero-order valence-corrected chi connectivity index (χ0v) is 20.6. The van der Waals surface area contributed by atoms with E-state index in [4.69, 9.17) is 13.7 Å². The fourth-order valence-corrected chi connectivity index (χ4v) is 6.15. The van der Waals surface area contributed by atoms with Crippen LogP contribution in [-0.2, 0) is 4.79 Å². The molecule has 1 aliphatic carbocycles.